The summed E-state index contributed by atoms with van der Waals surface area (Å²) < 4.78 is 12.8. The number of benzene rings is 1. The zero-order valence-electron chi connectivity index (χ0n) is 8.11. The van der Waals surface area contributed by atoms with Gasteiger partial charge in [0.25, 0.3) is 0 Å². The van der Waals surface area contributed by atoms with Gasteiger partial charge in [-0.25, -0.2) is 4.39 Å². The minimum Gasteiger partial charge on any atom is -0.309 e. The molecule has 0 aliphatic heterocycles. The van der Waals surface area contributed by atoms with Crippen LogP contribution in [0.5, 0.6) is 0 Å². The van der Waals surface area contributed by atoms with Crippen LogP contribution < -0.4 is 5.32 Å². The molecule has 0 aromatic heterocycles. The van der Waals surface area contributed by atoms with Crippen LogP contribution in [0.25, 0.3) is 0 Å². The largest absolute Gasteiger partial charge is 0.309 e. The van der Waals surface area contributed by atoms with Crippen LogP contribution in [0, 0.1) is 5.82 Å². The molecule has 0 spiro atoms. The molecule has 0 heterocycles. The summed E-state index contributed by atoms with van der Waals surface area (Å²) in [5.41, 5.74) is 2.04. The first kappa shape index (κ1) is 11.2. The Labute approximate surface area is 88.6 Å². The molecule has 76 valence electrons. The second-order valence-corrected chi connectivity index (χ2v) is 3.72. The highest BCUT2D eigenvalue weighted by molar-refractivity contribution is 6.30. The molecule has 14 heavy (non-hydrogen) atoms. The van der Waals surface area contributed by atoms with E-state index < -0.39 is 0 Å². The van der Waals surface area contributed by atoms with Crippen LogP contribution in [0.3, 0.4) is 0 Å². The highest BCUT2D eigenvalue weighted by Gasteiger charge is 1.99. The topological polar surface area (TPSA) is 12.0 Å². The van der Waals surface area contributed by atoms with Gasteiger partial charge >= 0.3 is 0 Å². The van der Waals surface area contributed by atoms with E-state index in [2.05, 4.69) is 11.9 Å². The Kier molecular flexibility index (Phi) is 4.11. The summed E-state index contributed by atoms with van der Waals surface area (Å²) in [5, 5.41) is 3.33. The molecule has 0 radical (unpaired) electrons. The van der Waals surface area contributed by atoms with Gasteiger partial charge in [0.05, 0.1) is 5.02 Å². The Morgan fingerprint density at radius 3 is 2.86 bits per heavy atom. The average Bonchev–Trinajstić information content (AvgIpc) is 2.10. The van der Waals surface area contributed by atoms with Crippen LogP contribution in [0.4, 0.5) is 4.39 Å². The summed E-state index contributed by atoms with van der Waals surface area (Å²) in [5.74, 6) is -0.379. The lowest BCUT2D eigenvalue weighted by Gasteiger charge is -2.04. The molecule has 1 rings (SSSR count). The number of nitrogens with one attached hydrogen (secondary N) is 1. The van der Waals surface area contributed by atoms with Crippen LogP contribution in [-0.4, -0.2) is 6.54 Å². The second kappa shape index (κ2) is 5.13. The minimum atomic E-state index is -0.379. The third kappa shape index (κ3) is 3.48. The first-order valence-electron chi connectivity index (χ1n) is 4.38. The van der Waals surface area contributed by atoms with Crippen molar-refractivity contribution in [3.05, 3.63) is 46.8 Å². The summed E-state index contributed by atoms with van der Waals surface area (Å²) in [7, 11) is 0. The molecule has 3 heteroatoms. The molecule has 1 aromatic carbocycles. The van der Waals surface area contributed by atoms with E-state index in [1.54, 1.807) is 12.1 Å². The molecule has 1 N–H and O–H groups in total. The zero-order chi connectivity index (χ0) is 10.6. The highest BCUT2D eigenvalue weighted by Crippen LogP contribution is 2.15. The standard InChI is InChI=1S/C11H13ClFN/c1-8(2)6-14-7-9-3-4-11(13)10(12)5-9/h3-5,14H,1,6-7H2,2H3. The van der Waals surface area contributed by atoms with Crippen molar-refractivity contribution in [2.75, 3.05) is 6.54 Å². The molecule has 0 saturated carbocycles. The summed E-state index contributed by atoms with van der Waals surface area (Å²) in [6.45, 7) is 7.15. The van der Waals surface area contributed by atoms with E-state index in [1.807, 2.05) is 6.92 Å². The Morgan fingerprint density at radius 1 is 1.57 bits per heavy atom. The molecule has 0 fully saturated rings. The predicted octanol–water partition coefficient (Wildman–Crippen LogP) is 3.14. The fraction of sp³-hybridized carbons (Fsp3) is 0.273. The smallest absolute Gasteiger partial charge is 0.141 e. The lowest BCUT2D eigenvalue weighted by atomic mass is 10.2. The summed E-state index contributed by atoms with van der Waals surface area (Å²) in [6.07, 6.45) is 0. The number of hydrogen-bond acceptors (Lipinski definition) is 1. The number of halogens is 2. The van der Waals surface area contributed by atoms with E-state index in [9.17, 15) is 4.39 Å². The van der Waals surface area contributed by atoms with E-state index >= 15 is 0 Å². The lowest BCUT2D eigenvalue weighted by Crippen LogP contribution is -2.15. The number of rotatable bonds is 4. The van der Waals surface area contributed by atoms with Crippen molar-refractivity contribution in [3.8, 4) is 0 Å². The van der Waals surface area contributed by atoms with Crippen LogP contribution in [0.15, 0.2) is 30.4 Å². The second-order valence-electron chi connectivity index (χ2n) is 3.31. The molecule has 0 unspecified atom stereocenters. The first-order valence-corrected chi connectivity index (χ1v) is 4.76. The SMILES string of the molecule is C=C(C)CNCc1ccc(F)c(Cl)c1. The van der Waals surface area contributed by atoms with Crippen molar-refractivity contribution < 1.29 is 4.39 Å². The molecule has 1 aromatic rings. The van der Waals surface area contributed by atoms with E-state index in [1.165, 1.54) is 6.07 Å². The average molecular weight is 214 g/mol. The molecular formula is C11H13ClFN. The molecular weight excluding hydrogens is 201 g/mol. The fourth-order valence-electron chi connectivity index (χ4n) is 1.07. The Hall–Kier alpha value is -0.860. The fourth-order valence-corrected chi connectivity index (χ4v) is 1.27. The monoisotopic (exact) mass is 213 g/mol. The van der Waals surface area contributed by atoms with E-state index in [0.717, 1.165) is 17.7 Å². The first-order chi connectivity index (χ1) is 6.59. The van der Waals surface area contributed by atoms with Crippen LogP contribution in [-0.2, 0) is 6.54 Å². The lowest BCUT2D eigenvalue weighted by molar-refractivity contribution is 0.626. The van der Waals surface area contributed by atoms with Gasteiger partial charge in [-0.2, -0.15) is 0 Å². The van der Waals surface area contributed by atoms with Crippen molar-refractivity contribution in [1.82, 2.24) is 5.32 Å². The van der Waals surface area contributed by atoms with Gasteiger partial charge in [-0.15, -0.1) is 0 Å². The maximum atomic E-state index is 12.8. The minimum absolute atomic E-state index is 0.166. The van der Waals surface area contributed by atoms with Crippen LogP contribution >= 0.6 is 11.6 Å². The van der Waals surface area contributed by atoms with Crippen molar-refractivity contribution in [3.63, 3.8) is 0 Å². The van der Waals surface area contributed by atoms with Crippen molar-refractivity contribution in [2.45, 2.75) is 13.5 Å². The normalized spacial score (nSPS) is 10.2. The maximum Gasteiger partial charge on any atom is 0.141 e. The van der Waals surface area contributed by atoms with Gasteiger partial charge in [0.2, 0.25) is 0 Å². The van der Waals surface area contributed by atoms with Gasteiger partial charge in [-0.3, -0.25) is 0 Å². The molecule has 0 aliphatic rings. The van der Waals surface area contributed by atoms with Gasteiger partial charge < -0.3 is 5.32 Å². The summed E-state index contributed by atoms with van der Waals surface area (Å²) >= 11 is 5.63. The maximum absolute atomic E-state index is 12.8. The van der Waals surface area contributed by atoms with Gasteiger partial charge in [0, 0.05) is 13.1 Å². The molecule has 1 nitrogen and oxygen atoms in total. The van der Waals surface area contributed by atoms with Crippen molar-refractivity contribution in [2.24, 2.45) is 0 Å². The van der Waals surface area contributed by atoms with Gasteiger partial charge in [0.1, 0.15) is 5.82 Å². The molecule has 0 amide bonds. The zero-order valence-corrected chi connectivity index (χ0v) is 8.87. The summed E-state index contributed by atoms with van der Waals surface area (Å²) in [4.78, 5) is 0. The van der Waals surface area contributed by atoms with E-state index in [-0.39, 0.29) is 10.8 Å². The van der Waals surface area contributed by atoms with E-state index in [0.29, 0.717) is 6.54 Å². The van der Waals surface area contributed by atoms with Gasteiger partial charge in [-0.1, -0.05) is 29.8 Å². The van der Waals surface area contributed by atoms with Gasteiger partial charge in [0.15, 0.2) is 0 Å². The predicted molar refractivity (Wildman–Crippen MR) is 57.9 cm³/mol. The van der Waals surface area contributed by atoms with Crippen molar-refractivity contribution in [1.29, 1.82) is 0 Å². The Bertz CT molecular complexity index is 336. The highest BCUT2D eigenvalue weighted by atomic mass is 35.5. The van der Waals surface area contributed by atoms with E-state index in [4.69, 9.17) is 11.6 Å². The van der Waals surface area contributed by atoms with Gasteiger partial charge in [-0.05, 0) is 24.6 Å². The van der Waals surface area contributed by atoms with Crippen LogP contribution in [0.2, 0.25) is 5.02 Å². The third-order valence-corrected chi connectivity index (χ3v) is 2.03. The quantitative estimate of drug-likeness (QED) is 0.758. The molecule has 0 saturated heterocycles. The molecule has 0 bridgehead atoms. The molecule has 0 atom stereocenters. The van der Waals surface area contributed by atoms with Crippen molar-refractivity contribution >= 4 is 11.6 Å². The molecule has 0 aliphatic carbocycles. The number of hydrogen-bond donors (Lipinski definition) is 1. The third-order valence-electron chi connectivity index (χ3n) is 1.74. The summed E-state index contributed by atoms with van der Waals surface area (Å²) in [6, 6.07) is 4.72. The Balaban J connectivity index is 2.51. The Morgan fingerprint density at radius 2 is 2.29 bits per heavy atom. The van der Waals surface area contributed by atoms with Crippen LogP contribution in [0.1, 0.15) is 12.5 Å².